The number of hydrogen-bond donors (Lipinski definition) is 1. The van der Waals surface area contributed by atoms with Gasteiger partial charge in [0.1, 0.15) is 5.75 Å². The van der Waals surface area contributed by atoms with E-state index in [1.807, 2.05) is 6.07 Å². The highest BCUT2D eigenvalue weighted by atomic mass is 79.9. The van der Waals surface area contributed by atoms with E-state index in [9.17, 15) is 4.79 Å². The molecular weight excluding hydrogens is 274 g/mol. The third kappa shape index (κ3) is 3.83. The lowest BCUT2D eigenvalue weighted by Gasteiger charge is -2.08. The molecule has 1 aromatic rings. The van der Waals surface area contributed by atoms with E-state index in [1.54, 1.807) is 26.4 Å². The smallest absolute Gasteiger partial charge is 0.226 e. The van der Waals surface area contributed by atoms with Gasteiger partial charge in [-0.3, -0.25) is 4.79 Å². The summed E-state index contributed by atoms with van der Waals surface area (Å²) in [6.07, 6.45) is 0.342. The maximum Gasteiger partial charge on any atom is 0.226 e. The first-order chi connectivity index (χ1) is 7.67. The normalized spacial score (nSPS) is 9.94. The molecule has 0 atom stereocenters. The minimum atomic E-state index is -0.0776. The van der Waals surface area contributed by atoms with Gasteiger partial charge in [0.2, 0.25) is 5.91 Å². The molecule has 0 unspecified atom stereocenters. The fourth-order valence-electron chi connectivity index (χ4n) is 1.16. The van der Waals surface area contributed by atoms with Gasteiger partial charge in [-0.25, -0.2) is 0 Å². The fraction of sp³-hybridized carbons (Fsp3) is 0.364. The average Bonchev–Trinajstić information content (AvgIpc) is 2.29. The van der Waals surface area contributed by atoms with Crippen molar-refractivity contribution in [2.45, 2.75) is 6.42 Å². The van der Waals surface area contributed by atoms with E-state index in [1.165, 1.54) is 0 Å². The van der Waals surface area contributed by atoms with Crippen LogP contribution in [0.25, 0.3) is 0 Å². The number of methoxy groups -OCH3 is 2. The van der Waals surface area contributed by atoms with E-state index in [-0.39, 0.29) is 5.91 Å². The van der Waals surface area contributed by atoms with Gasteiger partial charge < -0.3 is 14.8 Å². The molecule has 0 bridgehead atoms. The van der Waals surface area contributed by atoms with E-state index in [0.29, 0.717) is 24.5 Å². The lowest BCUT2D eigenvalue weighted by atomic mass is 10.3. The van der Waals surface area contributed by atoms with Gasteiger partial charge in [-0.2, -0.15) is 0 Å². The highest BCUT2D eigenvalue weighted by molar-refractivity contribution is 9.10. The molecule has 5 heteroatoms. The number of benzene rings is 1. The number of nitrogens with one attached hydrogen (secondary N) is 1. The van der Waals surface area contributed by atoms with Crippen LogP contribution in [0.2, 0.25) is 0 Å². The lowest BCUT2D eigenvalue weighted by molar-refractivity contribution is -0.117. The second kappa shape index (κ2) is 6.50. The Hall–Kier alpha value is -1.07. The van der Waals surface area contributed by atoms with E-state index in [2.05, 4.69) is 21.2 Å². The van der Waals surface area contributed by atoms with Gasteiger partial charge in [0.25, 0.3) is 0 Å². The van der Waals surface area contributed by atoms with Crippen molar-refractivity contribution in [3.05, 3.63) is 22.7 Å². The zero-order valence-electron chi connectivity index (χ0n) is 9.25. The Balaban J connectivity index is 2.63. The molecule has 0 spiro atoms. The summed E-state index contributed by atoms with van der Waals surface area (Å²) in [7, 11) is 3.15. The monoisotopic (exact) mass is 287 g/mol. The van der Waals surface area contributed by atoms with Crippen LogP contribution in [-0.2, 0) is 9.53 Å². The summed E-state index contributed by atoms with van der Waals surface area (Å²) in [5.74, 6) is 0.607. The van der Waals surface area contributed by atoms with Crippen molar-refractivity contribution in [3.63, 3.8) is 0 Å². The molecule has 0 heterocycles. The summed E-state index contributed by atoms with van der Waals surface area (Å²) in [5.41, 5.74) is 0.709. The first-order valence-corrected chi connectivity index (χ1v) is 5.59. The van der Waals surface area contributed by atoms with Gasteiger partial charge in [0.15, 0.2) is 0 Å². The lowest BCUT2D eigenvalue weighted by Crippen LogP contribution is -2.13. The van der Waals surface area contributed by atoms with Gasteiger partial charge in [-0.15, -0.1) is 0 Å². The minimum Gasteiger partial charge on any atom is -0.495 e. The van der Waals surface area contributed by atoms with Gasteiger partial charge in [0.05, 0.1) is 24.6 Å². The van der Waals surface area contributed by atoms with Gasteiger partial charge in [-0.05, 0) is 28.1 Å². The maximum absolute atomic E-state index is 11.4. The number of ether oxygens (including phenoxy) is 2. The molecule has 1 amide bonds. The van der Waals surface area contributed by atoms with Gasteiger partial charge in [-0.1, -0.05) is 0 Å². The molecule has 0 aliphatic rings. The number of carbonyl (C=O) groups excluding carboxylic acids is 1. The molecule has 88 valence electrons. The van der Waals surface area contributed by atoms with Crippen molar-refractivity contribution in [1.82, 2.24) is 0 Å². The Morgan fingerprint density at radius 3 is 2.81 bits per heavy atom. The van der Waals surface area contributed by atoms with Crippen LogP contribution in [0, 0.1) is 0 Å². The third-order valence-corrected chi connectivity index (χ3v) is 2.62. The zero-order chi connectivity index (χ0) is 12.0. The van der Waals surface area contributed by atoms with Crippen LogP contribution < -0.4 is 10.1 Å². The highest BCUT2D eigenvalue weighted by Gasteiger charge is 2.05. The van der Waals surface area contributed by atoms with Crippen LogP contribution in [0.3, 0.4) is 0 Å². The quantitative estimate of drug-likeness (QED) is 0.905. The first-order valence-electron chi connectivity index (χ1n) is 4.79. The molecule has 0 aliphatic heterocycles. The summed E-state index contributed by atoms with van der Waals surface area (Å²) < 4.78 is 10.8. The van der Waals surface area contributed by atoms with Crippen LogP contribution >= 0.6 is 15.9 Å². The molecule has 4 nitrogen and oxygen atoms in total. The SMILES string of the molecule is COCCC(=O)Nc1ccc(Br)c(OC)c1. The van der Waals surface area contributed by atoms with Crippen molar-refractivity contribution in [1.29, 1.82) is 0 Å². The molecule has 0 aromatic heterocycles. The Morgan fingerprint density at radius 2 is 2.19 bits per heavy atom. The summed E-state index contributed by atoms with van der Waals surface area (Å²) in [5, 5.41) is 2.76. The van der Waals surface area contributed by atoms with E-state index < -0.39 is 0 Å². The van der Waals surface area contributed by atoms with Gasteiger partial charge in [0, 0.05) is 18.9 Å². The molecule has 1 rings (SSSR count). The Kier molecular flexibility index (Phi) is 5.28. The molecule has 16 heavy (non-hydrogen) atoms. The summed E-state index contributed by atoms with van der Waals surface area (Å²) >= 11 is 3.34. The number of hydrogen-bond acceptors (Lipinski definition) is 3. The maximum atomic E-state index is 11.4. The molecule has 0 saturated heterocycles. The molecule has 0 saturated carbocycles. The van der Waals surface area contributed by atoms with Crippen molar-refractivity contribution >= 4 is 27.5 Å². The summed E-state index contributed by atoms with van der Waals surface area (Å²) in [6, 6.07) is 5.39. The topological polar surface area (TPSA) is 47.6 Å². The summed E-state index contributed by atoms with van der Waals surface area (Å²) in [4.78, 5) is 11.4. The molecule has 0 radical (unpaired) electrons. The Labute approximate surface area is 103 Å². The van der Waals surface area contributed by atoms with Crippen LogP contribution in [-0.4, -0.2) is 26.7 Å². The van der Waals surface area contributed by atoms with Crippen LogP contribution in [0.4, 0.5) is 5.69 Å². The van der Waals surface area contributed by atoms with Crippen molar-refractivity contribution in [3.8, 4) is 5.75 Å². The van der Waals surface area contributed by atoms with Gasteiger partial charge >= 0.3 is 0 Å². The number of amides is 1. The Bertz CT molecular complexity index is 368. The third-order valence-electron chi connectivity index (χ3n) is 1.97. The fourth-order valence-corrected chi connectivity index (χ4v) is 1.56. The number of halogens is 1. The highest BCUT2D eigenvalue weighted by Crippen LogP contribution is 2.27. The second-order valence-electron chi connectivity index (χ2n) is 3.14. The van der Waals surface area contributed by atoms with Crippen molar-refractivity contribution in [2.75, 3.05) is 26.1 Å². The molecule has 1 N–H and O–H groups in total. The largest absolute Gasteiger partial charge is 0.495 e. The standard InChI is InChI=1S/C11H14BrNO3/c1-15-6-5-11(14)13-8-3-4-9(12)10(7-8)16-2/h3-4,7H,5-6H2,1-2H3,(H,13,14). The van der Waals surface area contributed by atoms with Crippen LogP contribution in [0.1, 0.15) is 6.42 Å². The van der Waals surface area contributed by atoms with Crippen molar-refractivity contribution in [2.24, 2.45) is 0 Å². The second-order valence-corrected chi connectivity index (χ2v) is 3.99. The molecule has 0 fully saturated rings. The summed E-state index contributed by atoms with van der Waals surface area (Å²) in [6.45, 7) is 0.416. The minimum absolute atomic E-state index is 0.0776. The van der Waals surface area contributed by atoms with Crippen molar-refractivity contribution < 1.29 is 14.3 Å². The predicted molar refractivity (Wildman–Crippen MR) is 65.8 cm³/mol. The first kappa shape index (κ1) is 13.0. The van der Waals surface area contributed by atoms with Crippen LogP contribution in [0.15, 0.2) is 22.7 Å². The zero-order valence-corrected chi connectivity index (χ0v) is 10.8. The van der Waals surface area contributed by atoms with E-state index >= 15 is 0 Å². The Morgan fingerprint density at radius 1 is 1.44 bits per heavy atom. The number of rotatable bonds is 5. The molecular formula is C11H14BrNO3. The molecule has 0 aliphatic carbocycles. The van der Waals surface area contributed by atoms with Crippen LogP contribution in [0.5, 0.6) is 5.75 Å². The predicted octanol–water partition coefficient (Wildman–Crippen LogP) is 2.43. The number of anilines is 1. The molecule has 1 aromatic carbocycles. The number of carbonyl (C=O) groups is 1. The van der Waals surface area contributed by atoms with E-state index in [0.717, 1.165) is 4.47 Å². The average molecular weight is 288 g/mol. The van der Waals surface area contributed by atoms with E-state index in [4.69, 9.17) is 9.47 Å².